The highest BCUT2D eigenvalue weighted by molar-refractivity contribution is 7.92. The van der Waals surface area contributed by atoms with E-state index in [1.165, 1.54) is 12.1 Å². The van der Waals surface area contributed by atoms with Gasteiger partial charge in [0.05, 0.1) is 33.3 Å². The summed E-state index contributed by atoms with van der Waals surface area (Å²) in [5, 5.41) is 20.0. The van der Waals surface area contributed by atoms with Gasteiger partial charge >= 0.3 is 0 Å². The van der Waals surface area contributed by atoms with E-state index in [1.54, 1.807) is 18.2 Å². The van der Waals surface area contributed by atoms with Crippen LogP contribution in [0.2, 0.25) is 5.02 Å². The van der Waals surface area contributed by atoms with Crippen molar-refractivity contribution < 1.29 is 18.3 Å². The van der Waals surface area contributed by atoms with Crippen LogP contribution in [0.5, 0.6) is 0 Å². The van der Waals surface area contributed by atoms with Crippen LogP contribution in [0.4, 0.5) is 0 Å². The minimum Gasteiger partial charge on any atom is -0.392 e. The summed E-state index contributed by atoms with van der Waals surface area (Å²) in [5.74, 6) is -1.35. The molecule has 8 heteroatoms. The molecule has 0 bridgehead atoms. The Morgan fingerprint density at radius 2 is 2.09 bits per heavy atom. The van der Waals surface area contributed by atoms with Crippen LogP contribution in [0.3, 0.4) is 0 Å². The molecule has 1 saturated carbocycles. The molecule has 1 fully saturated rings. The molecule has 3 atom stereocenters. The van der Waals surface area contributed by atoms with Gasteiger partial charge in [0, 0.05) is 0 Å². The average molecular weight is 343 g/mol. The van der Waals surface area contributed by atoms with Crippen molar-refractivity contribution in [3.8, 4) is 6.07 Å². The van der Waals surface area contributed by atoms with Crippen molar-refractivity contribution in [2.75, 3.05) is 6.54 Å². The van der Waals surface area contributed by atoms with Crippen LogP contribution in [-0.4, -0.2) is 37.3 Å². The van der Waals surface area contributed by atoms with E-state index < -0.39 is 33.0 Å². The molecule has 6 nitrogen and oxygen atoms in total. The van der Waals surface area contributed by atoms with E-state index in [1.807, 2.05) is 0 Å². The highest BCUT2D eigenvalue weighted by atomic mass is 35.5. The highest BCUT2D eigenvalue weighted by Gasteiger charge is 2.44. The number of hydrogen-bond acceptors (Lipinski definition) is 5. The van der Waals surface area contributed by atoms with Crippen LogP contribution < -0.4 is 5.32 Å². The molecular weight excluding hydrogens is 328 g/mol. The number of rotatable bonds is 4. The average Bonchev–Trinajstić information content (AvgIpc) is 2.88. The fourth-order valence-electron chi connectivity index (χ4n) is 2.62. The number of nitrogens with one attached hydrogen (secondary N) is 1. The number of amides is 1. The lowest BCUT2D eigenvalue weighted by molar-refractivity contribution is -0.127. The number of aliphatic hydroxyl groups is 1. The van der Waals surface area contributed by atoms with Gasteiger partial charge in [0.25, 0.3) is 0 Å². The van der Waals surface area contributed by atoms with Gasteiger partial charge in [0.1, 0.15) is 6.54 Å². The minimum atomic E-state index is -3.73. The lowest BCUT2D eigenvalue weighted by Gasteiger charge is -2.13. The molecule has 1 aromatic rings. The number of benzene rings is 1. The molecular formula is C14H15ClN2O4S. The quantitative estimate of drug-likeness (QED) is 0.790. The number of carbonyl (C=O) groups is 1. The van der Waals surface area contributed by atoms with Crippen molar-refractivity contribution in [3.05, 3.63) is 29.3 Å². The van der Waals surface area contributed by atoms with Gasteiger partial charge in [0.2, 0.25) is 5.91 Å². The molecule has 1 aliphatic carbocycles. The number of halogens is 1. The van der Waals surface area contributed by atoms with Crippen molar-refractivity contribution >= 4 is 27.3 Å². The molecule has 0 unspecified atom stereocenters. The number of carbonyl (C=O) groups excluding carboxylic acids is 1. The number of nitrogens with zero attached hydrogens (tertiary/aromatic N) is 1. The molecule has 0 aromatic heterocycles. The maximum Gasteiger partial charge on any atom is 0.226 e. The van der Waals surface area contributed by atoms with Crippen molar-refractivity contribution in [2.45, 2.75) is 29.1 Å². The number of nitriles is 1. The summed E-state index contributed by atoms with van der Waals surface area (Å²) in [6, 6.07) is 7.85. The summed E-state index contributed by atoms with van der Waals surface area (Å²) in [6.45, 7) is -0.177. The molecule has 1 aliphatic rings. The first-order chi connectivity index (χ1) is 10.4. The van der Waals surface area contributed by atoms with Crippen molar-refractivity contribution in [1.82, 2.24) is 5.32 Å². The molecule has 2 rings (SSSR count). The fraction of sp³-hybridized carbons (Fsp3) is 0.429. The number of sulfone groups is 1. The van der Waals surface area contributed by atoms with Gasteiger partial charge in [-0.3, -0.25) is 4.79 Å². The van der Waals surface area contributed by atoms with Gasteiger partial charge in [-0.1, -0.05) is 23.7 Å². The van der Waals surface area contributed by atoms with Crippen LogP contribution in [0.25, 0.3) is 0 Å². The second kappa shape index (κ2) is 6.65. The van der Waals surface area contributed by atoms with Crippen LogP contribution in [-0.2, 0) is 14.6 Å². The van der Waals surface area contributed by atoms with Crippen LogP contribution >= 0.6 is 11.6 Å². The van der Waals surface area contributed by atoms with Crippen LogP contribution in [0, 0.1) is 17.2 Å². The van der Waals surface area contributed by atoms with Gasteiger partial charge in [-0.05, 0) is 25.0 Å². The summed E-state index contributed by atoms with van der Waals surface area (Å²) >= 11 is 5.93. The standard InChI is InChI=1S/C14H15ClN2O4S/c15-11-3-1-2-4-13(11)22(20,21)9-7-10(12(18)8-9)14(19)17-6-5-16/h1-4,9-10,12,18H,6-8H2,(H,17,19)/t9-,10+,12+/m1/s1. The first-order valence-corrected chi connectivity index (χ1v) is 8.61. The maximum atomic E-state index is 12.6. The van der Waals surface area contributed by atoms with E-state index >= 15 is 0 Å². The van der Waals surface area contributed by atoms with Crippen LogP contribution in [0.1, 0.15) is 12.8 Å². The SMILES string of the molecule is N#CCNC(=O)[C@H]1C[C@@H](S(=O)(=O)c2ccccc2Cl)C[C@@H]1O. The second-order valence-electron chi connectivity index (χ2n) is 5.12. The van der Waals surface area contributed by atoms with E-state index in [9.17, 15) is 18.3 Å². The molecule has 0 spiro atoms. The summed E-state index contributed by atoms with van der Waals surface area (Å²) in [4.78, 5) is 11.9. The molecule has 22 heavy (non-hydrogen) atoms. The van der Waals surface area contributed by atoms with E-state index in [2.05, 4.69) is 5.32 Å². The second-order valence-corrected chi connectivity index (χ2v) is 7.72. The summed E-state index contributed by atoms with van der Waals surface area (Å²) in [6.07, 6.45) is -1.08. The first kappa shape index (κ1) is 16.7. The molecule has 0 heterocycles. The normalized spacial score (nSPS) is 24.7. The van der Waals surface area contributed by atoms with Gasteiger partial charge in [-0.15, -0.1) is 0 Å². The molecule has 0 aliphatic heterocycles. The van der Waals surface area contributed by atoms with E-state index in [0.29, 0.717) is 0 Å². The Morgan fingerprint density at radius 3 is 2.73 bits per heavy atom. The summed E-state index contributed by atoms with van der Waals surface area (Å²) in [7, 11) is -3.73. The molecule has 1 aromatic carbocycles. The molecule has 0 radical (unpaired) electrons. The van der Waals surface area contributed by atoms with E-state index in [-0.39, 0.29) is 29.3 Å². The molecule has 1 amide bonds. The minimum absolute atomic E-state index is 0.00594. The van der Waals surface area contributed by atoms with Gasteiger partial charge in [-0.25, -0.2) is 8.42 Å². The Kier molecular flexibility index (Phi) is 5.06. The predicted molar refractivity (Wildman–Crippen MR) is 79.8 cm³/mol. The Balaban J connectivity index is 2.20. The first-order valence-electron chi connectivity index (χ1n) is 6.69. The monoisotopic (exact) mass is 342 g/mol. The van der Waals surface area contributed by atoms with Crippen LogP contribution in [0.15, 0.2) is 29.2 Å². The van der Waals surface area contributed by atoms with Crippen molar-refractivity contribution in [2.24, 2.45) is 5.92 Å². The largest absolute Gasteiger partial charge is 0.392 e. The zero-order valence-electron chi connectivity index (χ0n) is 11.6. The summed E-state index contributed by atoms with van der Waals surface area (Å²) in [5.41, 5.74) is 0. The molecule has 118 valence electrons. The van der Waals surface area contributed by atoms with Gasteiger partial charge in [-0.2, -0.15) is 5.26 Å². The predicted octanol–water partition coefficient (Wildman–Crippen LogP) is 0.893. The molecule has 0 saturated heterocycles. The number of aliphatic hydroxyl groups excluding tert-OH is 1. The Labute approximate surface area is 133 Å². The fourth-order valence-corrected chi connectivity index (χ4v) is 4.95. The van der Waals surface area contributed by atoms with E-state index in [0.717, 1.165) is 0 Å². The Hall–Kier alpha value is -1.62. The highest BCUT2D eigenvalue weighted by Crippen LogP contribution is 2.36. The summed E-state index contributed by atoms with van der Waals surface area (Å²) < 4.78 is 25.2. The Bertz CT molecular complexity index is 714. The lowest BCUT2D eigenvalue weighted by atomic mass is 10.1. The van der Waals surface area contributed by atoms with Crippen molar-refractivity contribution in [1.29, 1.82) is 5.26 Å². The Morgan fingerprint density at radius 1 is 1.41 bits per heavy atom. The third kappa shape index (κ3) is 3.24. The van der Waals surface area contributed by atoms with Gasteiger partial charge < -0.3 is 10.4 Å². The maximum absolute atomic E-state index is 12.6. The van der Waals surface area contributed by atoms with Crippen molar-refractivity contribution in [3.63, 3.8) is 0 Å². The smallest absolute Gasteiger partial charge is 0.226 e. The third-order valence-electron chi connectivity index (χ3n) is 3.75. The topological polar surface area (TPSA) is 107 Å². The number of hydrogen-bond donors (Lipinski definition) is 2. The zero-order valence-corrected chi connectivity index (χ0v) is 13.1. The zero-order chi connectivity index (χ0) is 16.3. The third-order valence-corrected chi connectivity index (χ3v) is 6.42. The van der Waals surface area contributed by atoms with E-state index in [4.69, 9.17) is 16.9 Å². The van der Waals surface area contributed by atoms with Gasteiger partial charge in [0.15, 0.2) is 9.84 Å². The lowest BCUT2D eigenvalue weighted by Crippen LogP contribution is -2.35. The molecule has 2 N–H and O–H groups in total.